The zero-order chi connectivity index (χ0) is 12.1. The number of carboxylic acids is 1. The highest BCUT2D eigenvalue weighted by Gasteiger charge is 2.23. The van der Waals surface area contributed by atoms with Gasteiger partial charge in [-0.2, -0.15) is 0 Å². The van der Waals surface area contributed by atoms with E-state index in [9.17, 15) is 9.59 Å². The van der Waals surface area contributed by atoms with Gasteiger partial charge < -0.3 is 14.9 Å². The fourth-order valence-corrected chi connectivity index (χ4v) is 1.99. The van der Waals surface area contributed by atoms with Crippen molar-refractivity contribution in [3.63, 3.8) is 0 Å². The minimum absolute atomic E-state index is 0.0540. The van der Waals surface area contributed by atoms with Crippen molar-refractivity contribution in [1.82, 2.24) is 9.80 Å². The average molecular weight is 228 g/mol. The Morgan fingerprint density at radius 1 is 1.31 bits per heavy atom. The predicted octanol–water partition coefficient (Wildman–Crippen LogP) is 0.404. The quantitative estimate of drug-likeness (QED) is 0.710. The molecule has 0 aromatic heterocycles. The molecule has 16 heavy (non-hydrogen) atoms. The van der Waals surface area contributed by atoms with Gasteiger partial charge in [0.05, 0.1) is 0 Å². The first-order valence-electron chi connectivity index (χ1n) is 5.75. The molecule has 5 heteroatoms. The number of carboxylic acid groups (broad SMARTS) is 1. The van der Waals surface area contributed by atoms with Crippen molar-refractivity contribution in [2.24, 2.45) is 0 Å². The Morgan fingerprint density at radius 3 is 2.38 bits per heavy atom. The monoisotopic (exact) mass is 228 g/mol. The Bertz CT molecular complexity index is 262. The molecule has 5 nitrogen and oxygen atoms in total. The Balaban J connectivity index is 2.41. The van der Waals surface area contributed by atoms with Gasteiger partial charge in [-0.05, 0) is 32.9 Å². The third kappa shape index (κ3) is 3.48. The molecule has 1 N–H and O–H groups in total. The fourth-order valence-electron chi connectivity index (χ4n) is 1.99. The van der Waals surface area contributed by atoms with Gasteiger partial charge in [-0.25, -0.2) is 4.79 Å². The van der Waals surface area contributed by atoms with Crippen molar-refractivity contribution >= 4 is 11.9 Å². The van der Waals surface area contributed by atoms with Gasteiger partial charge in [0.1, 0.15) is 0 Å². The molecule has 1 rings (SSSR count). The predicted molar refractivity (Wildman–Crippen MR) is 60.2 cm³/mol. The molecule has 1 unspecified atom stereocenters. The van der Waals surface area contributed by atoms with Crippen LogP contribution >= 0.6 is 0 Å². The van der Waals surface area contributed by atoms with Crippen LogP contribution in [0.15, 0.2) is 0 Å². The first-order chi connectivity index (χ1) is 7.52. The smallest absolute Gasteiger partial charge is 0.394 e. The third-order valence-corrected chi connectivity index (χ3v) is 3.14. The number of rotatable bonds is 3. The van der Waals surface area contributed by atoms with Crippen molar-refractivity contribution in [2.75, 3.05) is 26.7 Å². The number of hydrogen-bond donors (Lipinski definition) is 1. The number of nitrogens with zero attached hydrogens (tertiary/aromatic N) is 2. The van der Waals surface area contributed by atoms with E-state index >= 15 is 0 Å². The molecule has 0 aromatic carbocycles. The van der Waals surface area contributed by atoms with E-state index < -0.39 is 11.9 Å². The third-order valence-electron chi connectivity index (χ3n) is 3.14. The van der Waals surface area contributed by atoms with Crippen molar-refractivity contribution < 1.29 is 14.7 Å². The van der Waals surface area contributed by atoms with E-state index in [0.717, 1.165) is 19.6 Å². The molecule has 1 atom stereocenters. The lowest BCUT2D eigenvalue weighted by atomic mass is 10.1. The average Bonchev–Trinajstić information content (AvgIpc) is 2.28. The largest absolute Gasteiger partial charge is 0.474 e. The van der Waals surface area contributed by atoms with Crippen LogP contribution in [0.2, 0.25) is 0 Å². The molecule has 1 amide bonds. The Labute approximate surface area is 96.0 Å². The van der Waals surface area contributed by atoms with Crippen molar-refractivity contribution in [2.45, 2.75) is 32.2 Å². The molecule has 0 bridgehead atoms. The summed E-state index contributed by atoms with van der Waals surface area (Å²) in [7, 11) is 1.55. The van der Waals surface area contributed by atoms with Crippen LogP contribution in [-0.4, -0.2) is 59.5 Å². The van der Waals surface area contributed by atoms with E-state index in [-0.39, 0.29) is 6.04 Å². The van der Waals surface area contributed by atoms with E-state index in [1.165, 1.54) is 24.2 Å². The Kier molecular flexibility index (Phi) is 4.73. The maximum absolute atomic E-state index is 11.2. The highest BCUT2D eigenvalue weighted by atomic mass is 16.4. The molecule has 1 aliphatic heterocycles. The lowest BCUT2D eigenvalue weighted by Gasteiger charge is -2.32. The molecule has 1 saturated heterocycles. The highest BCUT2D eigenvalue weighted by Crippen LogP contribution is 2.10. The second-order valence-electron chi connectivity index (χ2n) is 4.43. The number of likely N-dealkylation sites (N-methyl/N-ethyl adjacent to an activating group) is 1. The standard InChI is InChI=1S/C11H20N2O3/c1-9(12(2)10(14)11(15)16)8-13-6-4-3-5-7-13/h9H,3-8H2,1-2H3,(H,15,16). The maximum Gasteiger partial charge on any atom is 0.394 e. The van der Waals surface area contributed by atoms with Crippen LogP contribution < -0.4 is 0 Å². The van der Waals surface area contributed by atoms with Crippen molar-refractivity contribution in [3.8, 4) is 0 Å². The van der Waals surface area contributed by atoms with Gasteiger partial charge >= 0.3 is 11.9 Å². The maximum atomic E-state index is 11.2. The van der Waals surface area contributed by atoms with Gasteiger partial charge in [0.15, 0.2) is 0 Å². The number of aliphatic carboxylic acids is 1. The van der Waals surface area contributed by atoms with Crippen molar-refractivity contribution in [3.05, 3.63) is 0 Å². The molecule has 1 fully saturated rings. The fraction of sp³-hybridized carbons (Fsp3) is 0.818. The minimum atomic E-state index is -1.38. The van der Waals surface area contributed by atoms with E-state index in [1.54, 1.807) is 7.05 Å². The summed E-state index contributed by atoms with van der Waals surface area (Å²) >= 11 is 0. The number of hydrogen-bond acceptors (Lipinski definition) is 3. The molecule has 0 aromatic rings. The molecule has 0 radical (unpaired) electrons. The summed E-state index contributed by atoms with van der Waals surface area (Å²) in [6.07, 6.45) is 3.67. The SMILES string of the molecule is CC(CN1CCCCC1)N(C)C(=O)C(=O)O. The molecule has 1 aliphatic rings. The van der Waals surface area contributed by atoms with Gasteiger partial charge in [0, 0.05) is 19.6 Å². The molecular formula is C11H20N2O3. The summed E-state index contributed by atoms with van der Waals surface area (Å²) in [5.41, 5.74) is 0. The Morgan fingerprint density at radius 2 is 1.88 bits per heavy atom. The number of carbonyl (C=O) groups excluding carboxylic acids is 1. The van der Waals surface area contributed by atoms with Crippen LogP contribution in [0, 0.1) is 0 Å². The number of likely N-dealkylation sites (tertiary alicyclic amines) is 1. The summed E-state index contributed by atoms with van der Waals surface area (Å²) in [6, 6.07) is -0.0540. The molecular weight excluding hydrogens is 208 g/mol. The highest BCUT2D eigenvalue weighted by molar-refractivity contribution is 6.31. The summed E-state index contributed by atoms with van der Waals surface area (Å²) in [5, 5.41) is 8.60. The van der Waals surface area contributed by atoms with E-state index in [1.807, 2.05) is 6.92 Å². The van der Waals surface area contributed by atoms with Crippen LogP contribution in [0.1, 0.15) is 26.2 Å². The summed E-state index contributed by atoms with van der Waals surface area (Å²) in [6.45, 7) is 4.75. The molecule has 0 aliphatic carbocycles. The lowest BCUT2D eigenvalue weighted by Crippen LogP contribution is -2.46. The second kappa shape index (κ2) is 5.84. The van der Waals surface area contributed by atoms with Gasteiger partial charge in [-0.3, -0.25) is 4.79 Å². The number of carbonyl (C=O) groups is 2. The van der Waals surface area contributed by atoms with Crippen LogP contribution in [0.3, 0.4) is 0 Å². The summed E-state index contributed by atoms with van der Waals surface area (Å²) in [4.78, 5) is 25.4. The molecule has 92 valence electrons. The molecule has 0 saturated carbocycles. The zero-order valence-electron chi connectivity index (χ0n) is 9.98. The number of piperidine rings is 1. The number of amides is 1. The molecule has 0 spiro atoms. The summed E-state index contributed by atoms with van der Waals surface area (Å²) in [5.74, 6) is -2.21. The van der Waals surface area contributed by atoms with Crippen LogP contribution in [0.4, 0.5) is 0 Å². The lowest BCUT2D eigenvalue weighted by molar-refractivity contribution is -0.156. The topological polar surface area (TPSA) is 60.9 Å². The van der Waals surface area contributed by atoms with Crippen LogP contribution in [0.25, 0.3) is 0 Å². The second-order valence-corrected chi connectivity index (χ2v) is 4.43. The van der Waals surface area contributed by atoms with E-state index in [4.69, 9.17) is 5.11 Å². The minimum Gasteiger partial charge on any atom is -0.474 e. The van der Waals surface area contributed by atoms with Gasteiger partial charge in [-0.15, -0.1) is 0 Å². The van der Waals surface area contributed by atoms with E-state index in [0.29, 0.717) is 0 Å². The first-order valence-corrected chi connectivity index (χ1v) is 5.75. The van der Waals surface area contributed by atoms with Gasteiger partial charge in [0.2, 0.25) is 0 Å². The molecule has 1 heterocycles. The van der Waals surface area contributed by atoms with Crippen LogP contribution in [-0.2, 0) is 9.59 Å². The van der Waals surface area contributed by atoms with E-state index in [2.05, 4.69) is 4.90 Å². The van der Waals surface area contributed by atoms with Gasteiger partial charge in [-0.1, -0.05) is 6.42 Å². The van der Waals surface area contributed by atoms with Crippen molar-refractivity contribution in [1.29, 1.82) is 0 Å². The first kappa shape index (κ1) is 13.0. The Hall–Kier alpha value is -1.10. The summed E-state index contributed by atoms with van der Waals surface area (Å²) < 4.78 is 0. The zero-order valence-corrected chi connectivity index (χ0v) is 9.98. The van der Waals surface area contributed by atoms with Crippen LogP contribution in [0.5, 0.6) is 0 Å². The normalized spacial score (nSPS) is 19.1. The van der Waals surface area contributed by atoms with Gasteiger partial charge in [0.25, 0.3) is 0 Å².